The number of anilines is 2. The van der Waals surface area contributed by atoms with Gasteiger partial charge in [0.1, 0.15) is 11.9 Å². The van der Waals surface area contributed by atoms with Crippen LogP contribution in [-0.4, -0.2) is 35.3 Å². The normalized spacial score (nSPS) is 16.5. The van der Waals surface area contributed by atoms with E-state index in [0.29, 0.717) is 17.9 Å². The Morgan fingerprint density at radius 2 is 1.70 bits per heavy atom. The van der Waals surface area contributed by atoms with Crippen molar-refractivity contribution in [2.75, 3.05) is 16.8 Å². The van der Waals surface area contributed by atoms with Crippen molar-refractivity contribution in [3.63, 3.8) is 0 Å². The molecule has 0 bridgehead atoms. The molecule has 0 radical (unpaired) electrons. The maximum absolute atomic E-state index is 13.3. The van der Waals surface area contributed by atoms with E-state index in [4.69, 9.17) is 0 Å². The van der Waals surface area contributed by atoms with Gasteiger partial charge in [-0.15, -0.1) is 0 Å². The lowest BCUT2D eigenvalue weighted by Crippen LogP contribution is -2.40. The molecule has 30 heavy (non-hydrogen) atoms. The standard InChI is InChI=1S/C23H26FN3O3/c1-4-16-5-9-18(10-6-16)25-21(28)13-20-22(29)27(19-11-7-17(24)8-12-19)23(30)26(20)14-15(2)3/h5-12,15,20H,4,13-14H2,1-3H3,(H,25,28)/t20-/m0/s1. The molecule has 1 heterocycles. The number of benzene rings is 2. The van der Waals surface area contributed by atoms with E-state index < -0.39 is 23.8 Å². The number of urea groups is 1. The van der Waals surface area contributed by atoms with Crippen LogP contribution in [0, 0.1) is 11.7 Å². The molecule has 0 aromatic heterocycles. The second kappa shape index (κ2) is 9.07. The van der Waals surface area contributed by atoms with Crippen LogP contribution in [0.2, 0.25) is 0 Å². The maximum Gasteiger partial charge on any atom is 0.332 e. The minimum atomic E-state index is -0.903. The van der Waals surface area contributed by atoms with E-state index in [-0.39, 0.29) is 18.2 Å². The summed E-state index contributed by atoms with van der Waals surface area (Å²) in [5.74, 6) is -1.17. The molecule has 7 heteroatoms. The van der Waals surface area contributed by atoms with E-state index in [1.165, 1.54) is 29.2 Å². The predicted molar refractivity (Wildman–Crippen MR) is 114 cm³/mol. The summed E-state index contributed by atoms with van der Waals surface area (Å²) in [6.07, 6.45) is 0.751. The van der Waals surface area contributed by atoms with E-state index in [1.54, 1.807) is 0 Å². The van der Waals surface area contributed by atoms with Crippen molar-refractivity contribution in [2.45, 2.75) is 39.7 Å². The van der Waals surface area contributed by atoms with Gasteiger partial charge in [-0.3, -0.25) is 9.59 Å². The molecule has 1 aliphatic heterocycles. The van der Waals surface area contributed by atoms with Crippen LogP contribution in [0.5, 0.6) is 0 Å². The van der Waals surface area contributed by atoms with Crippen molar-refractivity contribution >= 4 is 29.2 Å². The third-order valence-electron chi connectivity index (χ3n) is 4.99. The Hall–Kier alpha value is -3.22. The number of hydrogen-bond acceptors (Lipinski definition) is 3. The highest BCUT2D eigenvalue weighted by Gasteiger charge is 2.46. The van der Waals surface area contributed by atoms with E-state index in [1.807, 2.05) is 45.0 Å². The van der Waals surface area contributed by atoms with Crippen molar-refractivity contribution in [1.82, 2.24) is 4.90 Å². The molecule has 1 fully saturated rings. The maximum atomic E-state index is 13.3. The number of aryl methyl sites for hydroxylation is 1. The molecule has 0 aliphatic carbocycles. The van der Waals surface area contributed by atoms with Crippen LogP contribution in [0.25, 0.3) is 0 Å². The van der Waals surface area contributed by atoms with Crippen LogP contribution >= 0.6 is 0 Å². The van der Waals surface area contributed by atoms with E-state index >= 15 is 0 Å². The molecular weight excluding hydrogens is 385 g/mol. The zero-order valence-corrected chi connectivity index (χ0v) is 17.4. The lowest BCUT2D eigenvalue weighted by Gasteiger charge is -2.23. The van der Waals surface area contributed by atoms with Gasteiger partial charge in [-0.25, -0.2) is 14.1 Å². The quantitative estimate of drug-likeness (QED) is 0.694. The molecule has 1 atom stereocenters. The molecule has 4 amide bonds. The lowest BCUT2D eigenvalue weighted by molar-refractivity contribution is -0.124. The van der Waals surface area contributed by atoms with Crippen LogP contribution in [0.15, 0.2) is 48.5 Å². The van der Waals surface area contributed by atoms with Gasteiger partial charge in [0.25, 0.3) is 5.91 Å². The molecule has 3 rings (SSSR count). The highest BCUT2D eigenvalue weighted by atomic mass is 19.1. The summed E-state index contributed by atoms with van der Waals surface area (Å²) in [5, 5.41) is 2.79. The number of nitrogens with zero attached hydrogens (tertiary/aromatic N) is 2. The zero-order chi connectivity index (χ0) is 21.8. The number of halogens is 1. The first-order chi connectivity index (χ1) is 14.3. The molecular formula is C23H26FN3O3. The van der Waals surface area contributed by atoms with E-state index in [0.717, 1.165) is 16.9 Å². The van der Waals surface area contributed by atoms with Crippen LogP contribution in [0.4, 0.5) is 20.6 Å². The van der Waals surface area contributed by atoms with Gasteiger partial charge in [0, 0.05) is 12.2 Å². The summed E-state index contributed by atoms with van der Waals surface area (Å²) >= 11 is 0. The minimum absolute atomic E-state index is 0.113. The Labute approximate surface area is 175 Å². The summed E-state index contributed by atoms with van der Waals surface area (Å²) in [6.45, 7) is 6.26. The van der Waals surface area contributed by atoms with Crippen LogP contribution in [-0.2, 0) is 16.0 Å². The number of carbonyl (C=O) groups is 3. The highest BCUT2D eigenvalue weighted by molar-refractivity contribution is 6.22. The Morgan fingerprint density at radius 3 is 2.27 bits per heavy atom. The number of rotatable bonds is 7. The van der Waals surface area contributed by atoms with Crippen molar-refractivity contribution in [1.29, 1.82) is 0 Å². The average Bonchev–Trinajstić information content (AvgIpc) is 2.93. The Balaban J connectivity index is 1.79. The predicted octanol–water partition coefficient (Wildman–Crippen LogP) is 4.21. The SMILES string of the molecule is CCc1ccc(NC(=O)C[C@H]2C(=O)N(c3ccc(F)cc3)C(=O)N2CC(C)C)cc1. The van der Waals surface area contributed by atoms with Gasteiger partial charge >= 0.3 is 6.03 Å². The third-order valence-corrected chi connectivity index (χ3v) is 4.99. The topological polar surface area (TPSA) is 69.7 Å². The summed E-state index contributed by atoms with van der Waals surface area (Å²) < 4.78 is 13.3. The van der Waals surface area contributed by atoms with Crippen LogP contribution in [0.1, 0.15) is 32.8 Å². The summed E-state index contributed by atoms with van der Waals surface area (Å²) in [6, 6.07) is 11.3. The number of amides is 4. The van der Waals surface area contributed by atoms with Crippen molar-refractivity contribution in [3.05, 3.63) is 59.9 Å². The zero-order valence-electron chi connectivity index (χ0n) is 17.4. The van der Waals surface area contributed by atoms with Gasteiger partial charge < -0.3 is 10.2 Å². The van der Waals surface area contributed by atoms with Crippen LogP contribution in [0.3, 0.4) is 0 Å². The number of carbonyl (C=O) groups excluding carboxylic acids is 3. The van der Waals surface area contributed by atoms with Gasteiger partial charge in [0.15, 0.2) is 0 Å². The summed E-state index contributed by atoms with van der Waals surface area (Å²) in [4.78, 5) is 41.1. The van der Waals surface area contributed by atoms with Crippen molar-refractivity contribution in [3.8, 4) is 0 Å². The molecule has 0 spiro atoms. The second-order valence-corrected chi connectivity index (χ2v) is 7.80. The van der Waals surface area contributed by atoms with Gasteiger partial charge in [-0.05, 0) is 54.3 Å². The van der Waals surface area contributed by atoms with Crippen molar-refractivity contribution < 1.29 is 18.8 Å². The second-order valence-electron chi connectivity index (χ2n) is 7.80. The first-order valence-electron chi connectivity index (χ1n) is 10.1. The average molecular weight is 411 g/mol. The van der Waals surface area contributed by atoms with Gasteiger partial charge in [-0.1, -0.05) is 32.9 Å². The molecule has 1 saturated heterocycles. The Bertz CT molecular complexity index is 926. The largest absolute Gasteiger partial charge is 0.332 e. The molecule has 2 aromatic rings. The number of imide groups is 1. The lowest BCUT2D eigenvalue weighted by atomic mass is 10.1. The van der Waals surface area contributed by atoms with Crippen molar-refractivity contribution in [2.24, 2.45) is 5.92 Å². The molecule has 0 unspecified atom stereocenters. The van der Waals surface area contributed by atoms with E-state index in [2.05, 4.69) is 5.32 Å². The first-order valence-corrected chi connectivity index (χ1v) is 10.1. The van der Waals surface area contributed by atoms with E-state index in [9.17, 15) is 18.8 Å². The molecule has 2 aromatic carbocycles. The Kier molecular flexibility index (Phi) is 6.50. The fraction of sp³-hybridized carbons (Fsp3) is 0.348. The summed E-state index contributed by atoms with van der Waals surface area (Å²) in [5.41, 5.74) is 2.08. The number of nitrogens with one attached hydrogen (secondary N) is 1. The van der Waals surface area contributed by atoms with Gasteiger partial charge in [0.05, 0.1) is 12.1 Å². The third kappa shape index (κ3) is 4.67. The molecule has 158 valence electrons. The monoisotopic (exact) mass is 411 g/mol. The van der Waals surface area contributed by atoms with Crippen LogP contribution < -0.4 is 10.2 Å². The molecule has 0 saturated carbocycles. The molecule has 1 N–H and O–H groups in total. The van der Waals surface area contributed by atoms with Gasteiger partial charge in [-0.2, -0.15) is 0 Å². The highest BCUT2D eigenvalue weighted by Crippen LogP contribution is 2.28. The molecule has 1 aliphatic rings. The fourth-order valence-corrected chi connectivity index (χ4v) is 3.47. The summed E-state index contributed by atoms with van der Waals surface area (Å²) in [7, 11) is 0. The fourth-order valence-electron chi connectivity index (χ4n) is 3.47. The van der Waals surface area contributed by atoms with Gasteiger partial charge in [0.2, 0.25) is 5.91 Å². The minimum Gasteiger partial charge on any atom is -0.326 e. The first kappa shape index (κ1) is 21.5. The smallest absolute Gasteiger partial charge is 0.326 e. The molecule has 6 nitrogen and oxygen atoms in total. The number of hydrogen-bond donors (Lipinski definition) is 1. The Morgan fingerprint density at radius 1 is 1.07 bits per heavy atom.